The molecule has 0 bridgehead atoms. The predicted octanol–water partition coefficient (Wildman–Crippen LogP) is 1.05. The highest BCUT2D eigenvalue weighted by molar-refractivity contribution is 7.89. The van der Waals surface area contributed by atoms with Crippen LogP contribution < -0.4 is 10.5 Å². The molecular formula is C11H17N3O2S. The number of nitrogens with one attached hydrogen (secondary N) is 2. The highest BCUT2D eigenvalue weighted by Crippen LogP contribution is 2.13. The van der Waals surface area contributed by atoms with Gasteiger partial charge in [0.15, 0.2) is 0 Å². The van der Waals surface area contributed by atoms with Crippen molar-refractivity contribution in [2.45, 2.75) is 31.2 Å². The Labute approximate surface area is 102 Å². The SMILES string of the molecule is CC(C)(C)NS(=O)(=O)c1ccc(C(=N)N)cc1. The quantitative estimate of drug-likeness (QED) is 0.556. The summed E-state index contributed by atoms with van der Waals surface area (Å²) in [7, 11) is -3.52. The minimum Gasteiger partial charge on any atom is -0.384 e. The summed E-state index contributed by atoms with van der Waals surface area (Å²) in [5.41, 5.74) is 5.26. The van der Waals surface area contributed by atoms with Gasteiger partial charge in [0.05, 0.1) is 4.90 Å². The Morgan fingerprint density at radius 2 is 1.71 bits per heavy atom. The van der Waals surface area contributed by atoms with Crippen molar-refractivity contribution in [1.29, 1.82) is 5.41 Å². The van der Waals surface area contributed by atoms with Gasteiger partial charge in [-0.1, -0.05) is 0 Å². The van der Waals surface area contributed by atoms with Gasteiger partial charge >= 0.3 is 0 Å². The molecule has 0 aliphatic carbocycles. The molecule has 1 aromatic rings. The van der Waals surface area contributed by atoms with Crippen molar-refractivity contribution in [3.8, 4) is 0 Å². The van der Waals surface area contributed by atoms with Crippen molar-refractivity contribution in [3.63, 3.8) is 0 Å². The molecule has 0 aromatic heterocycles. The third kappa shape index (κ3) is 3.83. The van der Waals surface area contributed by atoms with Gasteiger partial charge in [-0.05, 0) is 45.0 Å². The number of nitrogen functional groups attached to an aromatic ring is 1. The Hall–Kier alpha value is -1.40. The van der Waals surface area contributed by atoms with Gasteiger partial charge in [0, 0.05) is 11.1 Å². The molecule has 1 rings (SSSR count). The molecule has 0 aliphatic rings. The number of nitrogens with two attached hydrogens (primary N) is 1. The molecule has 0 saturated carbocycles. The molecule has 0 amide bonds. The van der Waals surface area contributed by atoms with E-state index in [1.165, 1.54) is 24.3 Å². The van der Waals surface area contributed by atoms with Gasteiger partial charge in [-0.15, -0.1) is 0 Å². The van der Waals surface area contributed by atoms with Crippen molar-refractivity contribution < 1.29 is 8.42 Å². The first-order valence-electron chi connectivity index (χ1n) is 5.10. The first-order valence-corrected chi connectivity index (χ1v) is 6.58. The molecule has 4 N–H and O–H groups in total. The number of hydrogen-bond donors (Lipinski definition) is 3. The van der Waals surface area contributed by atoms with Gasteiger partial charge < -0.3 is 5.73 Å². The van der Waals surface area contributed by atoms with Crippen LogP contribution in [0.3, 0.4) is 0 Å². The Balaban J connectivity index is 3.05. The molecule has 0 saturated heterocycles. The summed E-state index contributed by atoms with van der Waals surface area (Å²) in [6.45, 7) is 5.32. The van der Waals surface area contributed by atoms with E-state index >= 15 is 0 Å². The normalized spacial score (nSPS) is 12.4. The van der Waals surface area contributed by atoms with E-state index in [0.717, 1.165) is 0 Å². The summed E-state index contributed by atoms with van der Waals surface area (Å²) in [5, 5.41) is 7.22. The van der Waals surface area contributed by atoms with Crippen LogP contribution in [0.5, 0.6) is 0 Å². The lowest BCUT2D eigenvalue weighted by atomic mass is 10.1. The van der Waals surface area contributed by atoms with Crippen LogP contribution in [0, 0.1) is 5.41 Å². The molecule has 0 unspecified atom stereocenters. The van der Waals surface area contributed by atoms with E-state index in [4.69, 9.17) is 11.1 Å². The second kappa shape index (κ2) is 4.46. The first-order chi connectivity index (χ1) is 7.62. The molecule has 94 valence electrons. The predicted molar refractivity (Wildman–Crippen MR) is 67.5 cm³/mol. The molecule has 0 heterocycles. The Bertz CT molecular complexity index is 513. The lowest BCUT2D eigenvalue weighted by Gasteiger charge is -2.20. The summed E-state index contributed by atoms with van der Waals surface area (Å²) < 4.78 is 26.4. The average molecular weight is 255 g/mol. The zero-order valence-electron chi connectivity index (χ0n) is 10.1. The number of hydrogen-bond acceptors (Lipinski definition) is 3. The van der Waals surface area contributed by atoms with Crippen LogP contribution in [-0.4, -0.2) is 19.8 Å². The second-order valence-electron chi connectivity index (χ2n) is 4.79. The highest BCUT2D eigenvalue weighted by Gasteiger charge is 2.21. The minimum absolute atomic E-state index is 0.0854. The smallest absolute Gasteiger partial charge is 0.241 e. The summed E-state index contributed by atoms with van der Waals surface area (Å²) in [6.07, 6.45) is 0. The molecule has 0 spiro atoms. The standard InChI is InChI=1S/C11H17N3O2S/c1-11(2,3)14-17(15,16)9-6-4-8(5-7-9)10(12)13/h4-7,14H,1-3H3,(H3,12,13). The van der Waals surface area contributed by atoms with Gasteiger partial charge in [0.25, 0.3) is 0 Å². The maximum atomic E-state index is 11.9. The minimum atomic E-state index is -3.52. The lowest BCUT2D eigenvalue weighted by molar-refractivity contribution is 0.491. The summed E-state index contributed by atoms with van der Waals surface area (Å²) >= 11 is 0. The van der Waals surface area contributed by atoms with E-state index < -0.39 is 15.6 Å². The Morgan fingerprint density at radius 3 is 2.06 bits per heavy atom. The zero-order valence-corrected chi connectivity index (χ0v) is 10.9. The zero-order chi connectivity index (χ0) is 13.3. The molecule has 0 radical (unpaired) electrons. The summed E-state index contributed by atoms with van der Waals surface area (Å²) in [4.78, 5) is 0.164. The van der Waals surface area contributed by atoms with Crippen molar-refractivity contribution in [2.24, 2.45) is 5.73 Å². The fraction of sp³-hybridized carbons (Fsp3) is 0.364. The number of benzene rings is 1. The van der Waals surface area contributed by atoms with Gasteiger partial charge in [-0.3, -0.25) is 5.41 Å². The summed E-state index contributed by atoms with van der Waals surface area (Å²) in [6, 6.07) is 5.90. The maximum absolute atomic E-state index is 11.9. The molecule has 6 heteroatoms. The maximum Gasteiger partial charge on any atom is 0.241 e. The van der Waals surface area contributed by atoms with Crippen LogP contribution in [0.15, 0.2) is 29.2 Å². The topological polar surface area (TPSA) is 96.0 Å². The van der Waals surface area contributed by atoms with Gasteiger partial charge in [0.1, 0.15) is 5.84 Å². The van der Waals surface area contributed by atoms with E-state index in [0.29, 0.717) is 5.56 Å². The first kappa shape index (κ1) is 13.7. The third-order valence-electron chi connectivity index (χ3n) is 1.92. The van der Waals surface area contributed by atoms with Crippen molar-refractivity contribution >= 4 is 15.9 Å². The monoisotopic (exact) mass is 255 g/mol. The van der Waals surface area contributed by atoms with E-state index in [1.807, 2.05) is 0 Å². The van der Waals surface area contributed by atoms with Crippen molar-refractivity contribution in [1.82, 2.24) is 4.72 Å². The molecule has 5 nitrogen and oxygen atoms in total. The van der Waals surface area contributed by atoms with Gasteiger partial charge in [0.2, 0.25) is 10.0 Å². The van der Waals surface area contributed by atoms with Crippen molar-refractivity contribution in [2.75, 3.05) is 0 Å². The summed E-state index contributed by atoms with van der Waals surface area (Å²) in [5.74, 6) is -0.0854. The van der Waals surface area contributed by atoms with E-state index in [2.05, 4.69) is 4.72 Å². The second-order valence-corrected chi connectivity index (χ2v) is 6.48. The Morgan fingerprint density at radius 1 is 1.24 bits per heavy atom. The molecule has 0 aliphatic heterocycles. The van der Waals surface area contributed by atoms with Gasteiger partial charge in [-0.25, -0.2) is 13.1 Å². The molecule has 0 atom stereocenters. The van der Waals surface area contributed by atoms with E-state index in [-0.39, 0.29) is 10.7 Å². The van der Waals surface area contributed by atoms with Crippen LogP contribution in [-0.2, 0) is 10.0 Å². The fourth-order valence-electron chi connectivity index (χ4n) is 1.28. The van der Waals surface area contributed by atoms with E-state index in [1.54, 1.807) is 20.8 Å². The van der Waals surface area contributed by atoms with Crippen LogP contribution in [0.2, 0.25) is 0 Å². The largest absolute Gasteiger partial charge is 0.384 e. The van der Waals surface area contributed by atoms with Crippen LogP contribution in [0.4, 0.5) is 0 Å². The third-order valence-corrected chi connectivity index (χ3v) is 3.69. The van der Waals surface area contributed by atoms with Crippen LogP contribution >= 0.6 is 0 Å². The number of amidine groups is 1. The number of rotatable bonds is 3. The van der Waals surface area contributed by atoms with Crippen molar-refractivity contribution in [3.05, 3.63) is 29.8 Å². The molecule has 17 heavy (non-hydrogen) atoms. The number of sulfonamides is 1. The van der Waals surface area contributed by atoms with Crippen LogP contribution in [0.25, 0.3) is 0 Å². The molecule has 0 fully saturated rings. The van der Waals surface area contributed by atoms with Gasteiger partial charge in [-0.2, -0.15) is 0 Å². The lowest BCUT2D eigenvalue weighted by Crippen LogP contribution is -2.40. The fourth-order valence-corrected chi connectivity index (χ4v) is 2.69. The molecular weight excluding hydrogens is 238 g/mol. The Kier molecular flexibility index (Phi) is 3.59. The molecule has 1 aromatic carbocycles. The van der Waals surface area contributed by atoms with Crippen LogP contribution in [0.1, 0.15) is 26.3 Å². The van der Waals surface area contributed by atoms with E-state index in [9.17, 15) is 8.42 Å². The highest BCUT2D eigenvalue weighted by atomic mass is 32.2. The average Bonchev–Trinajstić information content (AvgIpc) is 2.14.